The molecule has 0 saturated heterocycles. The number of nitrogens with one attached hydrogen (secondary N) is 1. The summed E-state index contributed by atoms with van der Waals surface area (Å²) in [7, 11) is 0. The minimum Gasteiger partial charge on any atom is -0.313 e. The van der Waals surface area contributed by atoms with Gasteiger partial charge < -0.3 is 5.32 Å². The molecule has 2 heteroatoms. The van der Waals surface area contributed by atoms with Crippen molar-refractivity contribution in [2.75, 3.05) is 6.54 Å². The summed E-state index contributed by atoms with van der Waals surface area (Å²) in [6.07, 6.45) is 5.03. The van der Waals surface area contributed by atoms with E-state index in [4.69, 9.17) is 0 Å². The number of hydrogen-bond donors (Lipinski definition) is 1. The average Bonchev–Trinajstić information content (AvgIpc) is 3.22. The topological polar surface area (TPSA) is 12.0 Å². The van der Waals surface area contributed by atoms with Crippen LogP contribution in [0.4, 0.5) is 0 Å². The van der Waals surface area contributed by atoms with Crippen molar-refractivity contribution in [2.24, 2.45) is 0 Å². The SMILES string of the molecule is CCc1ccc(CC(CNC2CC2)c2ccc(C)cc2)s1. The standard InChI is InChI=1S/C19H25NS/c1-3-18-10-11-19(21-18)12-16(13-20-17-8-9-17)15-6-4-14(2)5-7-15/h4-7,10-11,16-17,20H,3,8-9,12-13H2,1-2H3. The van der Waals surface area contributed by atoms with E-state index in [2.05, 4.69) is 55.6 Å². The van der Waals surface area contributed by atoms with E-state index in [1.54, 1.807) is 0 Å². The Labute approximate surface area is 132 Å². The number of benzene rings is 1. The van der Waals surface area contributed by atoms with Crippen molar-refractivity contribution in [1.82, 2.24) is 5.32 Å². The van der Waals surface area contributed by atoms with Crippen molar-refractivity contribution in [3.8, 4) is 0 Å². The normalized spacial score (nSPS) is 16.1. The molecular formula is C19H25NS. The molecule has 0 spiro atoms. The highest BCUT2D eigenvalue weighted by Gasteiger charge is 2.22. The molecule has 1 unspecified atom stereocenters. The van der Waals surface area contributed by atoms with Gasteiger partial charge in [-0.05, 0) is 50.3 Å². The summed E-state index contributed by atoms with van der Waals surface area (Å²) in [5.74, 6) is 0.592. The van der Waals surface area contributed by atoms with Gasteiger partial charge in [-0.15, -0.1) is 11.3 Å². The van der Waals surface area contributed by atoms with Gasteiger partial charge >= 0.3 is 0 Å². The third kappa shape index (κ3) is 4.18. The summed E-state index contributed by atoms with van der Waals surface area (Å²) in [6.45, 7) is 5.50. The fourth-order valence-corrected chi connectivity index (χ4v) is 3.75. The van der Waals surface area contributed by atoms with Gasteiger partial charge in [0.15, 0.2) is 0 Å². The first-order valence-electron chi connectivity index (χ1n) is 8.12. The van der Waals surface area contributed by atoms with Crippen LogP contribution >= 0.6 is 11.3 Å². The summed E-state index contributed by atoms with van der Waals surface area (Å²) >= 11 is 1.98. The van der Waals surface area contributed by atoms with Gasteiger partial charge in [-0.25, -0.2) is 0 Å². The van der Waals surface area contributed by atoms with Crippen molar-refractivity contribution < 1.29 is 0 Å². The molecule has 1 fully saturated rings. The first-order valence-corrected chi connectivity index (χ1v) is 8.93. The highest BCUT2D eigenvalue weighted by Crippen LogP contribution is 2.27. The van der Waals surface area contributed by atoms with E-state index in [1.165, 1.54) is 33.7 Å². The van der Waals surface area contributed by atoms with Crippen LogP contribution in [0, 0.1) is 6.92 Å². The fourth-order valence-electron chi connectivity index (χ4n) is 2.71. The molecule has 1 N–H and O–H groups in total. The molecule has 1 nitrogen and oxygen atoms in total. The molecule has 3 rings (SSSR count). The number of aryl methyl sites for hydroxylation is 2. The molecule has 1 saturated carbocycles. The maximum atomic E-state index is 3.72. The van der Waals surface area contributed by atoms with E-state index >= 15 is 0 Å². The molecule has 1 aliphatic carbocycles. The Kier molecular flexibility index (Phi) is 4.77. The van der Waals surface area contributed by atoms with E-state index in [0.29, 0.717) is 5.92 Å². The number of thiophene rings is 1. The molecule has 1 aliphatic rings. The number of hydrogen-bond acceptors (Lipinski definition) is 2. The van der Waals surface area contributed by atoms with E-state index in [-0.39, 0.29) is 0 Å². The second-order valence-electron chi connectivity index (χ2n) is 6.22. The van der Waals surface area contributed by atoms with E-state index in [1.807, 2.05) is 11.3 Å². The van der Waals surface area contributed by atoms with Crippen LogP contribution in [0.1, 0.15) is 46.6 Å². The van der Waals surface area contributed by atoms with Crippen LogP contribution in [0.15, 0.2) is 36.4 Å². The van der Waals surface area contributed by atoms with Crippen LogP contribution in [0.3, 0.4) is 0 Å². The molecule has 2 aromatic rings. The van der Waals surface area contributed by atoms with Gasteiger partial charge in [0.1, 0.15) is 0 Å². The smallest absolute Gasteiger partial charge is 0.00684 e. The van der Waals surface area contributed by atoms with Gasteiger partial charge in [-0.2, -0.15) is 0 Å². The lowest BCUT2D eigenvalue weighted by atomic mass is 9.94. The van der Waals surface area contributed by atoms with Gasteiger partial charge in [-0.1, -0.05) is 36.8 Å². The van der Waals surface area contributed by atoms with Crippen molar-refractivity contribution in [3.05, 3.63) is 57.3 Å². The monoisotopic (exact) mass is 299 g/mol. The first-order chi connectivity index (χ1) is 10.2. The zero-order valence-corrected chi connectivity index (χ0v) is 13.9. The lowest BCUT2D eigenvalue weighted by Gasteiger charge is -2.18. The first kappa shape index (κ1) is 14.8. The summed E-state index contributed by atoms with van der Waals surface area (Å²) in [5.41, 5.74) is 2.82. The highest BCUT2D eigenvalue weighted by atomic mass is 32.1. The quantitative estimate of drug-likeness (QED) is 0.781. The molecule has 1 heterocycles. The lowest BCUT2D eigenvalue weighted by Crippen LogP contribution is -2.24. The highest BCUT2D eigenvalue weighted by molar-refractivity contribution is 7.11. The van der Waals surface area contributed by atoms with Crippen LogP contribution in [0.5, 0.6) is 0 Å². The lowest BCUT2D eigenvalue weighted by molar-refractivity contribution is 0.580. The van der Waals surface area contributed by atoms with E-state index in [0.717, 1.165) is 25.4 Å². The van der Waals surface area contributed by atoms with Crippen molar-refractivity contribution >= 4 is 11.3 Å². The minimum atomic E-state index is 0.592. The van der Waals surface area contributed by atoms with Gasteiger partial charge in [-0.3, -0.25) is 0 Å². The molecular weight excluding hydrogens is 274 g/mol. The van der Waals surface area contributed by atoms with Crippen LogP contribution in [0.2, 0.25) is 0 Å². The third-order valence-corrected chi connectivity index (χ3v) is 5.54. The molecule has 1 atom stereocenters. The van der Waals surface area contributed by atoms with Gasteiger partial charge in [0, 0.05) is 28.3 Å². The Balaban J connectivity index is 1.72. The molecule has 0 radical (unpaired) electrons. The maximum Gasteiger partial charge on any atom is 0.00684 e. The van der Waals surface area contributed by atoms with Gasteiger partial charge in [0.05, 0.1) is 0 Å². The van der Waals surface area contributed by atoms with Gasteiger partial charge in [0.25, 0.3) is 0 Å². The molecule has 1 aromatic carbocycles. The largest absolute Gasteiger partial charge is 0.313 e. The summed E-state index contributed by atoms with van der Waals surface area (Å²) in [4.78, 5) is 3.03. The predicted octanol–water partition coefficient (Wildman–Crippen LogP) is 4.70. The van der Waals surface area contributed by atoms with Crippen molar-refractivity contribution in [2.45, 2.75) is 51.5 Å². The zero-order valence-electron chi connectivity index (χ0n) is 13.1. The Bertz CT molecular complexity index is 566. The average molecular weight is 299 g/mol. The summed E-state index contributed by atoms with van der Waals surface area (Å²) in [5, 5.41) is 3.72. The Hall–Kier alpha value is -1.12. The van der Waals surface area contributed by atoms with Crippen LogP contribution < -0.4 is 5.32 Å². The predicted molar refractivity (Wildman–Crippen MR) is 92.3 cm³/mol. The van der Waals surface area contributed by atoms with Gasteiger partial charge in [0.2, 0.25) is 0 Å². The maximum absolute atomic E-state index is 3.72. The Morgan fingerprint density at radius 2 is 1.81 bits per heavy atom. The van der Waals surface area contributed by atoms with Crippen LogP contribution in [-0.4, -0.2) is 12.6 Å². The Morgan fingerprint density at radius 1 is 1.10 bits per heavy atom. The molecule has 1 aromatic heterocycles. The minimum absolute atomic E-state index is 0.592. The van der Waals surface area contributed by atoms with Crippen LogP contribution in [0.25, 0.3) is 0 Å². The Morgan fingerprint density at radius 3 is 2.43 bits per heavy atom. The second kappa shape index (κ2) is 6.76. The molecule has 112 valence electrons. The van der Waals surface area contributed by atoms with E-state index < -0.39 is 0 Å². The third-order valence-electron chi connectivity index (χ3n) is 4.29. The van der Waals surface area contributed by atoms with Crippen molar-refractivity contribution in [3.63, 3.8) is 0 Å². The summed E-state index contributed by atoms with van der Waals surface area (Å²) < 4.78 is 0. The van der Waals surface area contributed by atoms with E-state index in [9.17, 15) is 0 Å². The summed E-state index contributed by atoms with van der Waals surface area (Å²) in [6, 6.07) is 14.5. The van der Waals surface area contributed by atoms with Crippen molar-refractivity contribution in [1.29, 1.82) is 0 Å². The zero-order chi connectivity index (χ0) is 14.7. The number of rotatable bonds is 7. The second-order valence-corrected chi connectivity index (χ2v) is 7.47. The molecule has 21 heavy (non-hydrogen) atoms. The fraction of sp³-hybridized carbons (Fsp3) is 0.474. The molecule has 0 bridgehead atoms. The van der Waals surface area contributed by atoms with Crippen LogP contribution in [-0.2, 0) is 12.8 Å². The molecule has 0 amide bonds. The molecule has 0 aliphatic heterocycles.